The Morgan fingerprint density at radius 2 is 1.97 bits per heavy atom. The first-order chi connectivity index (χ1) is 13.9. The van der Waals surface area contributed by atoms with Gasteiger partial charge in [-0.05, 0) is 80.9 Å². The van der Waals surface area contributed by atoms with E-state index in [1.807, 2.05) is 0 Å². The summed E-state index contributed by atoms with van der Waals surface area (Å²) in [5.41, 5.74) is 0.826. The van der Waals surface area contributed by atoms with Gasteiger partial charge in [0.1, 0.15) is 4.21 Å². The zero-order valence-corrected chi connectivity index (χ0v) is 18.4. The van der Waals surface area contributed by atoms with Gasteiger partial charge in [-0.1, -0.05) is 19.1 Å². The van der Waals surface area contributed by atoms with Crippen molar-refractivity contribution in [2.24, 2.45) is 5.92 Å². The van der Waals surface area contributed by atoms with Crippen LogP contribution in [0.15, 0.2) is 46.0 Å². The van der Waals surface area contributed by atoms with Gasteiger partial charge in [0.05, 0.1) is 0 Å². The molecule has 1 amide bonds. The third-order valence-corrected chi connectivity index (χ3v) is 7.98. The highest BCUT2D eigenvalue weighted by Gasteiger charge is 2.16. The lowest BCUT2D eigenvalue weighted by atomic mass is 9.99. The van der Waals surface area contributed by atoms with Crippen LogP contribution in [-0.2, 0) is 10.0 Å². The zero-order valence-electron chi connectivity index (χ0n) is 16.8. The Morgan fingerprint density at radius 3 is 2.69 bits per heavy atom. The van der Waals surface area contributed by atoms with Gasteiger partial charge in [-0.25, -0.2) is 8.42 Å². The first-order valence-electron chi connectivity index (χ1n) is 10.1. The van der Waals surface area contributed by atoms with Crippen molar-refractivity contribution < 1.29 is 13.2 Å². The summed E-state index contributed by atoms with van der Waals surface area (Å²) in [6, 6.07) is 9.81. The number of nitrogens with zero attached hydrogens (tertiary/aromatic N) is 1. The molecule has 2 heterocycles. The van der Waals surface area contributed by atoms with Gasteiger partial charge in [0.2, 0.25) is 0 Å². The number of rotatable bonds is 9. The van der Waals surface area contributed by atoms with Gasteiger partial charge in [0.25, 0.3) is 15.9 Å². The number of thiophene rings is 1. The molecule has 8 heteroatoms. The van der Waals surface area contributed by atoms with Crippen molar-refractivity contribution in [1.82, 2.24) is 10.2 Å². The molecule has 0 radical (unpaired) electrons. The van der Waals surface area contributed by atoms with Crippen molar-refractivity contribution in [1.29, 1.82) is 0 Å². The number of nitrogens with one attached hydrogen (secondary N) is 2. The first kappa shape index (κ1) is 21.8. The topological polar surface area (TPSA) is 78.5 Å². The third kappa shape index (κ3) is 6.55. The maximum absolute atomic E-state index is 12.4. The molecule has 1 saturated heterocycles. The smallest absolute Gasteiger partial charge is 0.271 e. The number of unbranched alkanes of at least 4 members (excludes halogenated alkanes) is 1. The lowest BCUT2D eigenvalue weighted by Gasteiger charge is -2.30. The van der Waals surface area contributed by atoms with Crippen LogP contribution in [-0.4, -0.2) is 45.4 Å². The molecule has 158 valence electrons. The summed E-state index contributed by atoms with van der Waals surface area (Å²) in [6.07, 6.45) is 4.56. The van der Waals surface area contributed by atoms with Crippen LogP contribution in [0.25, 0.3) is 0 Å². The van der Waals surface area contributed by atoms with Gasteiger partial charge < -0.3 is 10.2 Å². The van der Waals surface area contributed by atoms with Crippen molar-refractivity contribution in [3.05, 3.63) is 47.3 Å². The molecule has 2 N–H and O–H groups in total. The molecule has 0 spiro atoms. The van der Waals surface area contributed by atoms with Gasteiger partial charge in [-0.2, -0.15) is 0 Å². The zero-order chi connectivity index (χ0) is 20.7. The van der Waals surface area contributed by atoms with E-state index in [9.17, 15) is 13.2 Å². The van der Waals surface area contributed by atoms with Crippen LogP contribution in [0.3, 0.4) is 0 Å². The normalized spacial score (nSPS) is 15.9. The fraction of sp³-hybridized carbons (Fsp3) is 0.476. The molecule has 0 saturated carbocycles. The number of carbonyl (C=O) groups excluding carboxylic acids is 1. The van der Waals surface area contributed by atoms with Crippen molar-refractivity contribution in [2.75, 3.05) is 30.9 Å². The molecule has 1 fully saturated rings. The van der Waals surface area contributed by atoms with Gasteiger partial charge in [-0.3, -0.25) is 9.52 Å². The van der Waals surface area contributed by atoms with E-state index in [2.05, 4.69) is 21.9 Å². The average Bonchev–Trinajstić information content (AvgIpc) is 3.25. The molecule has 29 heavy (non-hydrogen) atoms. The lowest BCUT2D eigenvalue weighted by Crippen LogP contribution is -2.34. The van der Waals surface area contributed by atoms with E-state index in [1.54, 1.807) is 41.8 Å². The molecule has 1 aliphatic heterocycles. The second-order valence-electron chi connectivity index (χ2n) is 7.61. The monoisotopic (exact) mass is 435 g/mol. The summed E-state index contributed by atoms with van der Waals surface area (Å²) in [4.78, 5) is 14.9. The van der Waals surface area contributed by atoms with E-state index < -0.39 is 10.0 Å². The van der Waals surface area contributed by atoms with E-state index in [1.165, 1.54) is 25.9 Å². The molecular formula is C21H29N3O3S2. The van der Waals surface area contributed by atoms with E-state index in [4.69, 9.17) is 0 Å². The van der Waals surface area contributed by atoms with E-state index >= 15 is 0 Å². The van der Waals surface area contributed by atoms with Gasteiger partial charge >= 0.3 is 0 Å². The number of sulfonamides is 1. The quantitative estimate of drug-likeness (QED) is 0.588. The minimum absolute atomic E-state index is 0.186. The Kier molecular flexibility index (Phi) is 7.69. The minimum Gasteiger partial charge on any atom is -0.352 e. The Hall–Kier alpha value is -1.90. The summed E-state index contributed by atoms with van der Waals surface area (Å²) in [7, 11) is -3.62. The molecule has 0 bridgehead atoms. The van der Waals surface area contributed by atoms with Gasteiger partial charge in [0, 0.05) is 17.8 Å². The molecule has 2 aromatic rings. The maximum atomic E-state index is 12.4. The van der Waals surface area contributed by atoms with Crippen molar-refractivity contribution in [2.45, 2.75) is 36.8 Å². The minimum atomic E-state index is -3.62. The molecule has 0 aliphatic carbocycles. The maximum Gasteiger partial charge on any atom is 0.271 e. The van der Waals surface area contributed by atoms with Gasteiger partial charge in [-0.15, -0.1) is 11.3 Å². The van der Waals surface area contributed by atoms with Crippen LogP contribution >= 0.6 is 11.3 Å². The molecule has 1 aliphatic rings. The van der Waals surface area contributed by atoms with E-state index in [-0.39, 0.29) is 10.1 Å². The molecular weight excluding hydrogens is 406 g/mol. The number of hydrogen-bond acceptors (Lipinski definition) is 5. The molecule has 3 rings (SSSR count). The molecule has 0 atom stereocenters. The van der Waals surface area contributed by atoms with Crippen molar-refractivity contribution >= 4 is 33.0 Å². The largest absolute Gasteiger partial charge is 0.352 e. The van der Waals surface area contributed by atoms with Crippen LogP contribution in [0.2, 0.25) is 0 Å². The highest BCUT2D eigenvalue weighted by atomic mass is 32.2. The van der Waals surface area contributed by atoms with Crippen molar-refractivity contribution in [3.63, 3.8) is 0 Å². The summed E-state index contributed by atoms with van der Waals surface area (Å²) in [6.45, 7) is 6.38. The van der Waals surface area contributed by atoms with Crippen LogP contribution in [0, 0.1) is 5.92 Å². The predicted molar refractivity (Wildman–Crippen MR) is 118 cm³/mol. The summed E-state index contributed by atoms with van der Waals surface area (Å²) < 4.78 is 27.4. The summed E-state index contributed by atoms with van der Waals surface area (Å²) in [5, 5.41) is 4.64. The van der Waals surface area contributed by atoms with Crippen LogP contribution in [0.4, 0.5) is 5.69 Å². The lowest BCUT2D eigenvalue weighted by molar-refractivity contribution is 0.0952. The Morgan fingerprint density at radius 1 is 1.17 bits per heavy atom. The van der Waals surface area contributed by atoms with Gasteiger partial charge in [0.15, 0.2) is 0 Å². The molecule has 1 aromatic carbocycles. The Balaban J connectivity index is 1.43. The fourth-order valence-corrected chi connectivity index (χ4v) is 5.44. The fourth-order valence-electron chi connectivity index (χ4n) is 3.40. The number of hydrogen-bond donors (Lipinski definition) is 2. The molecule has 1 aromatic heterocycles. The highest BCUT2D eigenvalue weighted by molar-refractivity contribution is 7.94. The number of amides is 1. The number of likely N-dealkylation sites (tertiary alicyclic amines) is 1. The summed E-state index contributed by atoms with van der Waals surface area (Å²) in [5.74, 6) is 0.657. The van der Waals surface area contributed by atoms with Crippen LogP contribution < -0.4 is 10.0 Å². The molecule has 6 nitrogen and oxygen atoms in total. The second-order valence-corrected chi connectivity index (χ2v) is 10.5. The number of benzene rings is 1. The Bertz CT molecular complexity index is 890. The average molecular weight is 436 g/mol. The predicted octanol–water partition coefficient (Wildman–Crippen LogP) is 3.79. The Labute approximate surface area is 177 Å². The summed E-state index contributed by atoms with van der Waals surface area (Å²) >= 11 is 1.15. The van der Waals surface area contributed by atoms with Crippen LogP contribution in [0.5, 0.6) is 0 Å². The standard InChI is InChI=1S/C21H29N3O3S2/c1-17-9-13-24(14-10-17)12-3-2-11-22-21(25)18-6-4-7-19(16-18)23-29(26,27)20-8-5-15-28-20/h4-8,15-17,23H,2-3,9-14H2,1H3,(H,22,25). The van der Waals surface area contributed by atoms with Crippen molar-refractivity contribution in [3.8, 4) is 0 Å². The number of anilines is 1. The molecule has 0 unspecified atom stereocenters. The third-order valence-electron chi connectivity index (χ3n) is 5.20. The SMILES string of the molecule is CC1CCN(CCCCNC(=O)c2cccc(NS(=O)(=O)c3cccs3)c2)CC1. The first-order valence-corrected chi connectivity index (χ1v) is 12.5. The van der Waals surface area contributed by atoms with Crippen LogP contribution in [0.1, 0.15) is 43.0 Å². The number of piperidine rings is 1. The second kappa shape index (κ2) is 10.2. The highest BCUT2D eigenvalue weighted by Crippen LogP contribution is 2.21. The van der Waals surface area contributed by atoms with E-state index in [0.29, 0.717) is 17.8 Å². The number of carbonyl (C=O) groups is 1. The van der Waals surface area contributed by atoms with E-state index in [0.717, 1.165) is 36.6 Å².